The van der Waals surface area contributed by atoms with Crippen molar-refractivity contribution in [2.24, 2.45) is 11.1 Å². The average molecular weight is 286 g/mol. The van der Waals surface area contributed by atoms with Crippen LogP contribution in [-0.4, -0.2) is 35.8 Å². The summed E-state index contributed by atoms with van der Waals surface area (Å²) in [7, 11) is 1.62. The SMILES string of the molecule is COCCn1ncc(Cl)c1C(=O)CC1(CN)CCC1. The van der Waals surface area contributed by atoms with Gasteiger partial charge in [-0.25, -0.2) is 0 Å². The number of Topliss-reactive ketones (excluding diaryl/α,β-unsaturated/α-hetero) is 1. The number of carbonyl (C=O) groups is 1. The molecule has 1 aromatic heterocycles. The first-order valence-electron chi connectivity index (χ1n) is 6.55. The number of hydrogen-bond acceptors (Lipinski definition) is 4. The molecule has 1 aromatic rings. The molecule has 2 N–H and O–H groups in total. The van der Waals surface area contributed by atoms with Crippen molar-refractivity contribution in [1.82, 2.24) is 9.78 Å². The molecule has 5 nitrogen and oxygen atoms in total. The van der Waals surface area contributed by atoms with E-state index in [-0.39, 0.29) is 11.2 Å². The van der Waals surface area contributed by atoms with Crippen LogP contribution in [0, 0.1) is 5.41 Å². The molecule has 0 aliphatic heterocycles. The Bertz CT molecular complexity index is 449. The zero-order chi connectivity index (χ0) is 13.9. The highest BCUT2D eigenvalue weighted by Crippen LogP contribution is 2.43. The van der Waals surface area contributed by atoms with Crippen molar-refractivity contribution in [3.8, 4) is 0 Å². The van der Waals surface area contributed by atoms with Crippen LogP contribution in [0.25, 0.3) is 0 Å². The molecule has 0 bridgehead atoms. The van der Waals surface area contributed by atoms with Crippen LogP contribution in [0.15, 0.2) is 6.20 Å². The number of carbonyl (C=O) groups excluding carboxylic acids is 1. The van der Waals surface area contributed by atoms with E-state index in [0.717, 1.165) is 19.3 Å². The van der Waals surface area contributed by atoms with Gasteiger partial charge >= 0.3 is 0 Å². The molecule has 0 spiro atoms. The summed E-state index contributed by atoms with van der Waals surface area (Å²) in [5.74, 6) is 0.0313. The summed E-state index contributed by atoms with van der Waals surface area (Å²) in [5, 5.41) is 4.54. The van der Waals surface area contributed by atoms with E-state index < -0.39 is 0 Å². The molecule has 1 aliphatic carbocycles. The Morgan fingerprint density at radius 3 is 2.89 bits per heavy atom. The smallest absolute Gasteiger partial charge is 0.182 e. The molecule has 0 radical (unpaired) electrons. The van der Waals surface area contributed by atoms with E-state index >= 15 is 0 Å². The fraction of sp³-hybridized carbons (Fsp3) is 0.692. The Morgan fingerprint density at radius 1 is 1.63 bits per heavy atom. The van der Waals surface area contributed by atoms with Gasteiger partial charge in [0, 0.05) is 13.5 Å². The predicted molar refractivity (Wildman–Crippen MR) is 73.4 cm³/mol. The van der Waals surface area contributed by atoms with Crippen LogP contribution >= 0.6 is 11.6 Å². The summed E-state index contributed by atoms with van der Waals surface area (Å²) in [4.78, 5) is 12.4. The molecule has 2 rings (SSSR count). The second-order valence-electron chi connectivity index (χ2n) is 5.21. The van der Waals surface area contributed by atoms with E-state index in [1.165, 1.54) is 6.20 Å². The number of hydrogen-bond donors (Lipinski definition) is 1. The third kappa shape index (κ3) is 2.99. The monoisotopic (exact) mass is 285 g/mol. The minimum absolute atomic E-state index is 0.0171. The molecule has 1 saturated carbocycles. The van der Waals surface area contributed by atoms with E-state index in [1.54, 1.807) is 11.8 Å². The van der Waals surface area contributed by atoms with Gasteiger partial charge in [0.15, 0.2) is 5.78 Å². The number of halogens is 1. The van der Waals surface area contributed by atoms with Crippen LogP contribution in [0.3, 0.4) is 0 Å². The van der Waals surface area contributed by atoms with Gasteiger partial charge in [-0.05, 0) is 24.8 Å². The number of ketones is 1. The first-order chi connectivity index (χ1) is 9.12. The number of nitrogens with zero attached hydrogens (tertiary/aromatic N) is 2. The standard InChI is InChI=1S/C13H20ClN3O2/c1-19-6-5-17-12(10(14)8-16-17)11(18)7-13(9-15)3-2-4-13/h8H,2-7,9,15H2,1H3. The minimum atomic E-state index is -0.0171. The van der Waals surface area contributed by atoms with Crippen molar-refractivity contribution < 1.29 is 9.53 Å². The summed E-state index contributed by atoms with van der Waals surface area (Å²) in [6, 6.07) is 0. The van der Waals surface area contributed by atoms with E-state index in [4.69, 9.17) is 22.1 Å². The summed E-state index contributed by atoms with van der Waals surface area (Å²) in [5.41, 5.74) is 6.27. The third-order valence-electron chi connectivity index (χ3n) is 3.95. The average Bonchev–Trinajstić information content (AvgIpc) is 2.72. The fourth-order valence-electron chi connectivity index (χ4n) is 2.54. The molecule has 0 aromatic carbocycles. The zero-order valence-electron chi connectivity index (χ0n) is 11.2. The number of nitrogens with two attached hydrogens (primary N) is 1. The van der Waals surface area contributed by atoms with E-state index in [9.17, 15) is 4.79 Å². The zero-order valence-corrected chi connectivity index (χ0v) is 11.9. The molecule has 0 unspecified atom stereocenters. The largest absolute Gasteiger partial charge is 0.383 e. The summed E-state index contributed by atoms with van der Waals surface area (Å²) >= 11 is 6.08. The van der Waals surface area contributed by atoms with Gasteiger partial charge in [0.2, 0.25) is 0 Å². The lowest BCUT2D eigenvalue weighted by Gasteiger charge is -2.40. The van der Waals surface area contributed by atoms with E-state index in [2.05, 4.69) is 5.10 Å². The third-order valence-corrected chi connectivity index (χ3v) is 4.23. The van der Waals surface area contributed by atoms with Crippen molar-refractivity contribution in [2.75, 3.05) is 20.3 Å². The fourth-order valence-corrected chi connectivity index (χ4v) is 2.79. The summed E-state index contributed by atoms with van der Waals surface area (Å²) in [6.07, 6.45) is 5.18. The van der Waals surface area contributed by atoms with E-state index in [1.807, 2.05) is 0 Å². The van der Waals surface area contributed by atoms with Gasteiger partial charge in [-0.1, -0.05) is 18.0 Å². The first kappa shape index (κ1) is 14.5. The van der Waals surface area contributed by atoms with Gasteiger partial charge in [-0.2, -0.15) is 5.10 Å². The van der Waals surface area contributed by atoms with Gasteiger partial charge in [0.1, 0.15) is 5.69 Å². The Hall–Kier alpha value is -0.910. The summed E-state index contributed by atoms with van der Waals surface area (Å²) in [6.45, 7) is 1.59. The maximum absolute atomic E-state index is 12.4. The van der Waals surface area contributed by atoms with Crippen molar-refractivity contribution in [3.05, 3.63) is 16.9 Å². The van der Waals surface area contributed by atoms with Crippen molar-refractivity contribution >= 4 is 17.4 Å². The lowest BCUT2D eigenvalue weighted by molar-refractivity contribution is 0.0773. The first-order valence-corrected chi connectivity index (χ1v) is 6.93. The molecular weight excluding hydrogens is 266 g/mol. The van der Waals surface area contributed by atoms with Gasteiger partial charge in [-0.3, -0.25) is 9.48 Å². The number of ether oxygens (including phenoxy) is 1. The molecule has 0 atom stereocenters. The normalized spacial score (nSPS) is 17.2. The molecular formula is C13H20ClN3O2. The Kier molecular flexibility index (Phi) is 4.60. The molecule has 106 valence electrons. The lowest BCUT2D eigenvalue weighted by Crippen LogP contribution is -2.39. The highest BCUT2D eigenvalue weighted by molar-refractivity contribution is 6.33. The lowest BCUT2D eigenvalue weighted by atomic mass is 9.66. The van der Waals surface area contributed by atoms with Crippen LogP contribution in [0.5, 0.6) is 0 Å². The molecule has 1 aliphatic rings. The topological polar surface area (TPSA) is 70.1 Å². The predicted octanol–water partition coefficient (Wildman–Crippen LogP) is 1.88. The van der Waals surface area contributed by atoms with Crippen LogP contribution in [0.1, 0.15) is 36.2 Å². The van der Waals surface area contributed by atoms with Gasteiger partial charge in [0.25, 0.3) is 0 Å². The molecule has 0 saturated heterocycles. The van der Waals surface area contributed by atoms with Crippen LogP contribution in [0.4, 0.5) is 0 Å². The van der Waals surface area contributed by atoms with Crippen LogP contribution in [-0.2, 0) is 11.3 Å². The molecule has 0 amide bonds. The second kappa shape index (κ2) is 6.03. The molecule has 1 fully saturated rings. The maximum atomic E-state index is 12.4. The van der Waals surface area contributed by atoms with Crippen molar-refractivity contribution in [2.45, 2.75) is 32.2 Å². The molecule has 6 heteroatoms. The van der Waals surface area contributed by atoms with Crippen molar-refractivity contribution in [3.63, 3.8) is 0 Å². The van der Waals surface area contributed by atoms with Crippen LogP contribution < -0.4 is 5.73 Å². The van der Waals surface area contributed by atoms with Gasteiger partial charge < -0.3 is 10.5 Å². The van der Waals surface area contributed by atoms with E-state index in [0.29, 0.717) is 36.8 Å². The molecule has 19 heavy (non-hydrogen) atoms. The Balaban J connectivity index is 2.11. The highest BCUT2D eigenvalue weighted by Gasteiger charge is 2.38. The second-order valence-corrected chi connectivity index (χ2v) is 5.62. The number of methoxy groups -OCH3 is 1. The maximum Gasteiger partial charge on any atom is 0.182 e. The van der Waals surface area contributed by atoms with Gasteiger partial charge in [-0.15, -0.1) is 0 Å². The summed E-state index contributed by atoms with van der Waals surface area (Å²) < 4.78 is 6.63. The minimum Gasteiger partial charge on any atom is -0.383 e. The van der Waals surface area contributed by atoms with Gasteiger partial charge in [0.05, 0.1) is 24.4 Å². The highest BCUT2D eigenvalue weighted by atomic mass is 35.5. The Labute approximate surface area is 118 Å². The quantitative estimate of drug-likeness (QED) is 0.777. The molecule has 1 heterocycles. The Morgan fingerprint density at radius 2 is 2.37 bits per heavy atom. The number of aromatic nitrogens is 2. The number of rotatable bonds is 7. The van der Waals surface area contributed by atoms with Crippen molar-refractivity contribution in [1.29, 1.82) is 0 Å². The van der Waals surface area contributed by atoms with Crippen LogP contribution in [0.2, 0.25) is 5.02 Å².